The van der Waals surface area contributed by atoms with E-state index < -0.39 is 23.4 Å². The van der Waals surface area contributed by atoms with Gasteiger partial charge in [-0.25, -0.2) is 4.98 Å². The summed E-state index contributed by atoms with van der Waals surface area (Å²) in [6, 6.07) is 6.21. The minimum Gasteiger partial charge on any atom is -0.471 e. The van der Waals surface area contributed by atoms with E-state index in [0.717, 1.165) is 0 Å². The monoisotopic (exact) mass is 402 g/mol. The summed E-state index contributed by atoms with van der Waals surface area (Å²) in [4.78, 5) is 23.1. The molecule has 12 heteroatoms. The Morgan fingerprint density at radius 1 is 1.38 bits per heavy atom. The van der Waals surface area contributed by atoms with E-state index in [0.29, 0.717) is 16.7 Å². The average Bonchev–Trinajstić information content (AvgIpc) is 3.29. The van der Waals surface area contributed by atoms with E-state index in [1.807, 2.05) is 0 Å². The number of para-hydroxylation sites is 1. The second kappa shape index (κ2) is 7.58. The number of nitrogens with two attached hydrogens (primary N) is 1. The van der Waals surface area contributed by atoms with Gasteiger partial charge in [-0.3, -0.25) is 14.7 Å². The predicted octanol–water partition coefficient (Wildman–Crippen LogP) is 0.536. The van der Waals surface area contributed by atoms with Gasteiger partial charge < -0.3 is 25.4 Å². The van der Waals surface area contributed by atoms with Crippen molar-refractivity contribution in [2.24, 2.45) is 0 Å². The molecule has 0 spiro atoms. The fourth-order valence-electron chi connectivity index (χ4n) is 3.23. The molecule has 0 radical (unpaired) electrons. The van der Waals surface area contributed by atoms with Crippen molar-refractivity contribution < 1.29 is 24.6 Å². The zero-order valence-electron chi connectivity index (χ0n) is 15.1. The number of fused-ring (bicyclic) bond motifs is 1. The van der Waals surface area contributed by atoms with Crippen LogP contribution < -0.4 is 10.5 Å². The highest BCUT2D eigenvalue weighted by molar-refractivity contribution is 5.77. The molecule has 152 valence electrons. The molecule has 0 saturated carbocycles. The fraction of sp³-hybridized carbons (Fsp3) is 0.353. The number of benzene rings is 1. The molecule has 1 aliphatic rings. The fourth-order valence-corrected chi connectivity index (χ4v) is 3.23. The number of anilines is 1. The number of rotatable bonds is 6. The van der Waals surface area contributed by atoms with Crippen molar-refractivity contribution in [3.63, 3.8) is 0 Å². The molecule has 1 aromatic carbocycles. The number of nitrogen functional groups attached to an aromatic ring is 1. The number of ether oxygens (including phenoxy) is 2. The highest BCUT2D eigenvalue weighted by atomic mass is 16.6. The van der Waals surface area contributed by atoms with Crippen LogP contribution in [0.1, 0.15) is 18.2 Å². The van der Waals surface area contributed by atoms with E-state index in [4.69, 9.17) is 15.2 Å². The Hall–Kier alpha value is -3.35. The van der Waals surface area contributed by atoms with Gasteiger partial charge in [-0.1, -0.05) is 12.1 Å². The smallest absolute Gasteiger partial charge is 0.276 e. The van der Waals surface area contributed by atoms with Crippen LogP contribution in [0.5, 0.6) is 5.88 Å². The number of imidazole rings is 1. The lowest BCUT2D eigenvalue weighted by atomic mass is 10.2. The molecule has 29 heavy (non-hydrogen) atoms. The lowest BCUT2D eigenvalue weighted by molar-refractivity contribution is -0.385. The Kier molecular flexibility index (Phi) is 4.96. The average molecular weight is 402 g/mol. The maximum Gasteiger partial charge on any atom is 0.276 e. The van der Waals surface area contributed by atoms with Crippen LogP contribution in [0.15, 0.2) is 30.6 Å². The maximum atomic E-state index is 11.2. The third-order valence-corrected chi connectivity index (χ3v) is 4.65. The van der Waals surface area contributed by atoms with Crippen molar-refractivity contribution in [2.75, 3.05) is 12.3 Å². The van der Waals surface area contributed by atoms with Crippen LogP contribution in [0.3, 0.4) is 0 Å². The molecule has 0 amide bonds. The number of aromatic nitrogens is 4. The Labute approximate surface area is 163 Å². The number of aliphatic hydroxyl groups is 2. The van der Waals surface area contributed by atoms with E-state index in [1.165, 1.54) is 12.4 Å². The first-order chi connectivity index (χ1) is 14.0. The molecule has 0 unspecified atom stereocenters. The third kappa shape index (κ3) is 3.55. The maximum absolute atomic E-state index is 11.2. The highest BCUT2D eigenvalue weighted by Crippen LogP contribution is 2.33. The summed E-state index contributed by atoms with van der Waals surface area (Å²) in [5.41, 5.74) is 6.72. The molecule has 3 heterocycles. The Morgan fingerprint density at radius 3 is 2.90 bits per heavy atom. The number of nitrogens with zero attached hydrogens (tertiary/aromatic N) is 5. The minimum atomic E-state index is -0.823. The second-order valence-electron chi connectivity index (χ2n) is 6.50. The van der Waals surface area contributed by atoms with Crippen molar-refractivity contribution in [2.45, 2.75) is 31.5 Å². The first kappa shape index (κ1) is 19.0. The Morgan fingerprint density at radius 2 is 2.17 bits per heavy atom. The molecule has 0 aliphatic carbocycles. The van der Waals surface area contributed by atoms with Gasteiger partial charge in [-0.05, 0) is 6.07 Å². The molecular weight excluding hydrogens is 384 g/mol. The van der Waals surface area contributed by atoms with Crippen molar-refractivity contribution >= 4 is 22.8 Å². The SMILES string of the molecule is Nc1nc(OCc2ccccc2[N+](=O)[O-])c2ncn([C@H]3C[C@@H](O)[C@@H](CO)O3)c2n1. The second-order valence-corrected chi connectivity index (χ2v) is 6.50. The third-order valence-electron chi connectivity index (χ3n) is 4.65. The molecule has 2 aromatic heterocycles. The summed E-state index contributed by atoms with van der Waals surface area (Å²) in [5, 5.41) is 30.4. The molecule has 4 rings (SSSR count). The summed E-state index contributed by atoms with van der Waals surface area (Å²) in [6.07, 6.45) is -0.424. The summed E-state index contributed by atoms with van der Waals surface area (Å²) < 4.78 is 12.9. The first-order valence-electron chi connectivity index (χ1n) is 8.77. The predicted molar refractivity (Wildman–Crippen MR) is 98.8 cm³/mol. The summed E-state index contributed by atoms with van der Waals surface area (Å²) in [5.74, 6) is -0.00396. The van der Waals surface area contributed by atoms with Gasteiger partial charge in [-0.2, -0.15) is 9.97 Å². The van der Waals surface area contributed by atoms with E-state index in [2.05, 4.69) is 15.0 Å². The lowest BCUT2D eigenvalue weighted by Crippen LogP contribution is -2.24. The molecule has 12 nitrogen and oxygen atoms in total. The number of hydrogen-bond acceptors (Lipinski definition) is 10. The van der Waals surface area contributed by atoms with Crippen molar-refractivity contribution in [3.05, 3.63) is 46.3 Å². The van der Waals surface area contributed by atoms with Crippen molar-refractivity contribution in [1.82, 2.24) is 19.5 Å². The summed E-state index contributed by atoms with van der Waals surface area (Å²) in [7, 11) is 0. The number of hydrogen-bond donors (Lipinski definition) is 3. The van der Waals surface area contributed by atoms with Crippen LogP contribution in [0.4, 0.5) is 11.6 Å². The molecular formula is C17H18N6O6. The molecule has 3 aromatic rings. The molecule has 4 N–H and O–H groups in total. The summed E-state index contributed by atoms with van der Waals surface area (Å²) in [6.45, 7) is -0.424. The Bertz CT molecular complexity index is 1060. The van der Waals surface area contributed by atoms with Gasteiger partial charge >= 0.3 is 0 Å². The van der Waals surface area contributed by atoms with Crippen LogP contribution in [0.2, 0.25) is 0 Å². The van der Waals surface area contributed by atoms with Gasteiger partial charge in [-0.15, -0.1) is 0 Å². The minimum absolute atomic E-state index is 0.0697. The zero-order chi connectivity index (χ0) is 20.5. The van der Waals surface area contributed by atoms with Crippen LogP contribution in [-0.2, 0) is 11.3 Å². The lowest BCUT2D eigenvalue weighted by Gasteiger charge is -2.14. The molecule has 1 saturated heterocycles. The van der Waals surface area contributed by atoms with Gasteiger partial charge in [0.2, 0.25) is 11.8 Å². The first-order valence-corrected chi connectivity index (χ1v) is 8.77. The largest absolute Gasteiger partial charge is 0.471 e. The van der Waals surface area contributed by atoms with Gasteiger partial charge in [0.1, 0.15) is 18.9 Å². The van der Waals surface area contributed by atoms with Crippen LogP contribution >= 0.6 is 0 Å². The Balaban J connectivity index is 1.63. The topological polar surface area (TPSA) is 172 Å². The van der Waals surface area contributed by atoms with Crippen LogP contribution in [0.25, 0.3) is 11.2 Å². The van der Waals surface area contributed by atoms with Crippen molar-refractivity contribution in [3.8, 4) is 5.88 Å². The highest BCUT2D eigenvalue weighted by Gasteiger charge is 2.35. The molecule has 0 bridgehead atoms. The van der Waals surface area contributed by atoms with Gasteiger partial charge in [0.05, 0.1) is 29.5 Å². The zero-order valence-corrected chi connectivity index (χ0v) is 15.1. The van der Waals surface area contributed by atoms with Crippen LogP contribution in [-0.4, -0.2) is 53.5 Å². The van der Waals surface area contributed by atoms with E-state index in [-0.39, 0.29) is 37.2 Å². The number of nitro benzene ring substituents is 1. The van der Waals surface area contributed by atoms with Gasteiger partial charge in [0.25, 0.3) is 5.69 Å². The molecule has 1 aliphatic heterocycles. The molecule has 3 atom stereocenters. The number of nitro groups is 1. The van der Waals surface area contributed by atoms with E-state index in [1.54, 1.807) is 22.8 Å². The van der Waals surface area contributed by atoms with Crippen LogP contribution in [0, 0.1) is 10.1 Å². The normalized spacial score (nSPS) is 21.5. The van der Waals surface area contributed by atoms with Crippen molar-refractivity contribution in [1.29, 1.82) is 0 Å². The summed E-state index contributed by atoms with van der Waals surface area (Å²) >= 11 is 0. The quantitative estimate of drug-likeness (QED) is 0.390. The standard InChI is InChI=1S/C17H18N6O6/c18-17-20-15-14(19-8-22(15)13-5-11(25)12(6-24)29-13)16(21-17)28-7-9-3-1-2-4-10(9)23(26)27/h1-4,8,11-13,24-25H,5-7H2,(H2,18,20,21)/t11-,12-,13-/m1/s1. The number of aliphatic hydroxyl groups excluding tert-OH is 2. The van der Waals surface area contributed by atoms with Gasteiger partial charge in [0, 0.05) is 12.5 Å². The van der Waals surface area contributed by atoms with Gasteiger partial charge in [0.15, 0.2) is 11.2 Å². The molecule has 1 fully saturated rings. The van der Waals surface area contributed by atoms with E-state index in [9.17, 15) is 20.3 Å². The van der Waals surface area contributed by atoms with E-state index >= 15 is 0 Å².